The smallest absolute Gasteiger partial charge is 0.131 e. The van der Waals surface area contributed by atoms with Crippen molar-refractivity contribution in [3.8, 4) is 16.9 Å². The Morgan fingerprint density at radius 3 is 2.90 bits per heavy atom. The van der Waals surface area contributed by atoms with Gasteiger partial charge in [0.15, 0.2) is 0 Å². The molecule has 1 saturated heterocycles. The van der Waals surface area contributed by atoms with Crippen molar-refractivity contribution < 1.29 is 14.9 Å². The van der Waals surface area contributed by atoms with Crippen LogP contribution in [0.5, 0.6) is 5.75 Å². The molecule has 152 valence electrons. The fourth-order valence-corrected chi connectivity index (χ4v) is 4.79. The van der Waals surface area contributed by atoms with Crippen LogP contribution in [-0.2, 0) is 12.0 Å². The number of nitrogens with zero attached hydrogens (tertiary/aromatic N) is 1. The van der Waals surface area contributed by atoms with Crippen molar-refractivity contribution in [2.75, 3.05) is 19.8 Å². The molecule has 0 saturated carbocycles. The van der Waals surface area contributed by atoms with Crippen molar-refractivity contribution >= 4 is 10.9 Å². The number of aromatic amines is 1. The molecule has 0 unspecified atom stereocenters. The molecule has 3 heterocycles. The number of benzene rings is 2. The summed E-state index contributed by atoms with van der Waals surface area (Å²) in [4.78, 5) is 5.64. The van der Waals surface area contributed by atoms with Crippen LogP contribution in [0.1, 0.15) is 31.5 Å². The van der Waals surface area contributed by atoms with Gasteiger partial charge < -0.3 is 19.9 Å². The third kappa shape index (κ3) is 3.23. The fraction of sp³-hybridized carbons (Fsp3) is 0.417. The molecule has 0 radical (unpaired) electrons. The van der Waals surface area contributed by atoms with Crippen LogP contribution in [0, 0.1) is 0 Å². The predicted molar refractivity (Wildman–Crippen MR) is 114 cm³/mol. The highest BCUT2D eigenvalue weighted by Gasteiger charge is 2.33. The van der Waals surface area contributed by atoms with E-state index < -0.39 is 0 Å². The molecule has 3 aromatic rings. The molecule has 0 amide bonds. The largest absolute Gasteiger partial charge is 0.492 e. The molecule has 0 spiro atoms. The summed E-state index contributed by atoms with van der Waals surface area (Å²) in [6.07, 6.45) is 0.281. The molecule has 0 aliphatic carbocycles. The molecular weight excluding hydrogens is 364 g/mol. The maximum absolute atomic E-state index is 9.92. The highest BCUT2D eigenvalue weighted by atomic mass is 16.5. The summed E-state index contributed by atoms with van der Waals surface area (Å²) in [6, 6.07) is 15.1. The van der Waals surface area contributed by atoms with E-state index in [1.54, 1.807) is 0 Å². The number of hydrogen-bond acceptors (Lipinski definition) is 4. The second-order valence-corrected chi connectivity index (χ2v) is 9.11. The molecular formula is C24H28N2O3. The molecule has 2 aliphatic heterocycles. The Morgan fingerprint density at radius 2 is 2.07 bits per heavy atom. The summed E-state index contributed by atoms with van der Waals surface area (Å²) in [5.41, 5.74) is 5.80. The lowest BCUT2D eigenvalue weighted by Crippen LogP contribution is -2.31. The van der Waals surface area contributed by atoms with Gasteiger partial charge in [-0.3, -0.25) is 4.90 Å². The van der Waals surface area contributed by atoms with Crippen LogP contribution in [0.4, 0.5) is 0 Å². The molecule has 5 heteroatoms. The zero-order chi connectivity index (χ0) is 20.2. The Labute approximate surface area is 170 Å². The maximum atomic E-state index is 9.92. The average Bonchev–Trinajstić information content (AvgIpc) is 3.36. The Morgan fingerprint density at radius 1 is 1.21 bits per heavy atom. The molecule has 5 rings (SSSR count). The van der Waals surface area contributed by atoms with Crippen LogP contribution < -0.4 is 4.74 Å². The van der Waals surface area contributed by atoms with Crippen molar-refractivity contribution in [1.82, 2.24) is 9.88 Å². The van der Waals surface area contributed by atoms with Crippen molar-refractivity contribution in [3.05, 3.63) is 53.7 Å². The van der Waals surface area contributed by atoms with Gasteiger partial charge >= 0.3 is 0 Å². The zero-order valence-electron chi connectivity index (χ0n) is 17.0. The predicted octanol–water partition coefficient (Wildman–Crippen LogP) is 3.43. The summed E-state index contributed by atoms with van der Waals surface area (Å²) in [5.74, 6) is 1.00. The molecule has 1 aromatic heterocycles. The number of fused-ring (bicyclic) bond motifs is 2. The Balaban J connectivity index is 1.46. The van der Waals surface area contributed by atoms with Gasteiger partial charge in [0.1, 0.15) is 5.75 Å². The highest BCUT2D eigenvalue weighted by Crippen LogP contribution is 2.44. The van der Waals surface area contributed by atoms with Gasteiger partial charge in [0.25, 0.3) is 0 Å². The first-order chi connectivity index (χ1) is 13.9. The van der Waals surface area contributed by atoms with Crippen LogP contribution in [0.2, 0.25) is 0 Å². The molecule has 3 N–H and O–H groups in total. The lowest BCUT2D eigenvalue weighted by molar-refractivity contribution is 0.149. The van der Waals surface area contributed by atoms with Crippen LogP contribution in [0.25, 0.3) is 22.0 Å². The van der Waals surface area contributed by atoms with E-state index in [0.717, 1.165) is 33.5 Å². The number of likely N-dealkylation sites (tertiary alicyclic amines) is 1. The summed E-state index contributed by atoms with van der Waals surface area (Å²) < 4.78 is 6.08. The van der Waals surface area contributed by atoms with Crippen LogP contribution >= 0.6 is 0 Å². The standard InChI is InChI=1S/C24H28N2O3/c1-24(2)14-29-23-20(4-3-5-21(23)24)15-6-7-22-16(8-15)9-17(25-22)11-26-12-19(28)10-18(26)13-27/h3-9,18-19,25,27-28H,10-14H2,1-2H3/t18-,19-/m1/s1. The van der Waals surface area contributed by atoms with Gasteiger partial charge in [0.05, 0.1) is 19.3 Å². The topological polar surface area (TPSA) is 68.7 Å². The quantitative estimate of drug-likeness (QED) is 0.636. The number of β-amino-alcohol motifs (C(OH)–C–C–N with tert-alkyl or cyclic N) is 1. The van der Waals surface area contributed by atoms with Gasteiger partial charge in [0, 0.05) is 52.3 Å². The van der Waals surface area contributed by atoms with Crippen LogP contribution in [0.3, 0.4) is 0 Å². The first-order valence-electron chi connectivity index (χ1n) is 10.4. The lowest BCUT2D eigenvalue weighted by atomic mass is 9.85. The number of ether oxygens (including phenoxy) is 1. The summed E-state index contributed by atoms with van der Waals surface area (Å²) in [6.45, 7) is 6.54. The Kier molecular flexibility index (Phi) is 4.42. The second-order valence-electron chi connectivity index (χ2n) is 9.11. The molecule has 29 heavy (non-hydrogen) atoms. The molecule has 2 atom stereocenters. The molecule has 0 bridgehead atoms. The monoisotopic (exact) mass is 392 g/mol. The van der Waals surface area contributed by atoms with E-state index in [0.29, 0.717) is 26.1 Å². The van der Waals surface area contributed by atoms with Crippen LogP contribution in [0.15, 0.2) is 42.5 Å². The Hall–Kier alpha value is -2.34. The number of H-pyrrole nitrogens is 1. The van der Waals surface area contributed by atoms with Gasteiger partial charge in [-0.05, 0) is 30.2 Å². The summed E-state index contributed by atoms with van der Waals surface area (Å²) >= 11 is 0. The third-order valence-corrected chi connectivity index (χ3v) is 6.40. The third-order valence-electron chi connectivity index (χ3n) is 6.40. The molecule has 2 aliphatic rings. The van der Waals surface area contributed by atoms with E-state index in [9.17, 15) is 10.2 Å². The van der Waals surface area contributed by atoms with E-state index in [1.165, 1.54) is 5.56 Å². The number of aliphatic hydroxyl groups excluding tert-OH is 2. The lowest BCUT2D eigenvalue weighted by Gasteiger charge is -2.21. The van der Waals surface area contributed by atoms with Crippen molar-refractivity contribution in [1.29, 1.82) is 0 Å². The van der Waals surface area contributed by atoms with E-state index in [2.05, 4.69) is 66.2 Å². The average molecular weight is 392 g/mol. The van der Waals surface area contributed by atoms with Crippen molar-refractivity contribution in [3.63, 3.8) is 0 Å². The number of aliphatic hydroxyl groups is 2. The molecule has 2 aromatic carbocycles. The zero-order valence-corrected chi connectivity index (χ0v) is 17.0. The Bertz CT molecular complexity index is 1060. The van der Waals surface area contributed by atoms with Crippen molar-refractivity contribution in [2.45, 2.75) is 44.4 Å². The summed E-state index contributed by atoms with van der Waals surface area (Å²) in [5, 5.41) is 20.7. The second kappa shape index (κ2) is 6.87. The van der Waals surface area contributed by atoms with E-state index in [4.69, 9.17) is 4.74 Å². The molecule has 1 fully saturated rings. The van der Waals surface area contributed by atoms with Gasteiger partial charge in [-0.1, -0.05) is 38.1 Å². The number of para-hydroxylation sites is 1. The van der Waals surface area contributed by atoms with E-state index in [-0.39, 0.29) is 24.2 Å². The minimum Gasteiger partial charge on any atom is -0.492 e. The van der Waals surface area contributed by atoms with Crippen LogP contribution in [-0.4, -0.2) is 52.0 Å². The normalized spacial score (nSPS) is 23.4. The SMILES string of the molecule is CC1(C)COc2c(-c3ccc4[nH]c(CN5C[C@H](O)C[C@@H]5CO)cc4c3)cccc21. The van der Waals surface area contributed by atoms with E-state index in [1.807, 2.05) is 0 Å². The number of rotatable bonds is 4. The fourth-order valence-electron chi connectivity index (χ4n) is 4.79. The minimum atomic E-state index is -0.354. The minimum absolute atomic E-state index is 0.0272. The van der Waals surface area contributed by atoms with Gasteiger partial charge in [-0.2, -0.15) is 0 Å². The van der Waals surface area contributed by atoms with Gasteiger partial charge in [0.2, 0.25) is 0 Å². The number of nitrogens with one attached hydrogen (secondary N) is 1. The molecule has 5 nitrogen and oxygen atoms in total. The van der Waals surface area contributed by atoms with Crippen molar-refractivity contribution in [2.24, 2.45) is 0 Å². The highest BCUT2D eigenvalue weighted by molar-refractivity contribution is 5.87. The maximum Gasteiger partial charge on any atom is 0.131 e. The first kappa shape index (κ1) is 18.7. The number of aromatic nitrogens is 1. The number of hydrogen-bond donors (Lipinski definition) is 3. The van der Waals surface area contributed by atoms with E-state index >= 15 is 0 Å². The van der Waals surface area contributed by atoms with Gasteiger partial charge in [-0.25, -0.2) is 0 Å². The van der Waals surface area contributed by atoms with Gasteiger partial charge in [-0.15, -0.1) is 0 Å². The first-order valence-corrected chi connectivity index (χ1v) is 10.4. The summed E-state index contributed by atoms with van der Waals surface area (Å²) in [7, 11) is 0.